The van der Waals surface area contributed by atoms with Crippen LogP contribution < -0.4 is 10.5 Å². The van der Waals surface area contributed by atoms with E-state index >= 15 is 0 Å². The van der Waals surface area contributed by atoms with E-state index in [1.165, 1.54) is 0 Å². The number of amides is 1. The zero-order chi connectivity index (χ0) is 21.1. The number of nitrogens with zero attached hydrogens (tertiary/aromatic N) is 1. The highest BCUT2D eigenvalue weighted by Crippen LogP contribution is 2.30. The normalized spacial score (nSPS) is 13.0. The van der Waals surface area contributed by atoms with Crippen molar-refractivity contribution in [2.75, 3.05) is 6.61 Å². The number of benzene rings is 2. The smallest absolute Gasteiger partial charge is 0.339 e. The fourth-order valence-corrected chi connectivity index (χ4v) is 3.87. The van der Waals surface area contributed by atoms with Gasteiger partial charge in [-0.3, -0.25) is 9.78 Å². The van der Waals surface area contributed by atoms with Crippen molar-refractivity contribution < 1.29 is 19.1 Å². The molecule has 6 heteroatoms. The number of nitrogens with two attached hydrogens (primary N) is 1. The van der Waals surface area contributed by atoms with Crippen LogP contribution in [0.1, 0.15) is 45.6 Å². The van der Waals surface area contributed by atoms with Gasteiger partial charge in [-0.25, -0.2) is 4.79 Å². The molecule has 0 saturated carbocycles. The average Bonchev–Trinajstić information content (AvgIpc) is 2.75. The standard InChI is InChI=1S/C24H24N2O4/c1-15-9-10-21-19(11-15)23(18-7-2-3-8-20(18)26-21)24(28)30-13-16-5-4-6-17(12-16)29-14-22(25)27/h4-6,9-12H,2-3,7-8,13-14H2,1H3,(H2,25,27). The molecule has 4 rings (SSSR count). The van der Waals surface area contributed by atoms with Crippen LogP contribution in [-0.2, 0) is 29.0 Å². The Kier molecular flexibility index (Phi) is 5.65. The number of rotatable bonds is 6. The molecule has 0 aliphatic heterocycles. The van der Waals surface area contributed by atoms with Gasteiger partial charge in [0.1, 0.15) is 12.4 Å². The number of hydrogen-bond acceptors (Lipinski definition) is 5. The Morgan fingerprint density at radius 3 is 2.77 bits per heavy atom. The Morgan fingerprint density at radius 1 is 1.10 bits per heavy atom. The van der Waals surface area contributed by atoms with E-state index in [9.17, 15) is 9.59 Å². The van der Waals surface area contributed by atoms with Crippen LogP contribution in [0.4, 0.5) is 0 Å². The second kappa shape index (κ2) is 8.53. The van der Waals surface area contributed by atoms with E-state index in [2.05, 4.69) is 0 Å². The minimum atomic E-state index is -0.545. The summed E-state index contributed by atoms with van der Waals surface area (Å²) < 4.78 is 11.0. The predicted octanol–water partition coefficient (Wildman–Crippen LogP) is 3.64. The third kappa shape index (κ3) is 4.27. The van der Waals surface area contributed by atoms with Crippen molar-refractivity contribution in [3.8, 4) is 5.75 Å². The monoisotopic (exact) mass is 404 g/mol. The molecule has 0 saturated heterocycles. The topological polar surface area (TPSA) is 91.5 Å². The molecule has 1 aliphatic rings. The highest BCUT2D eigenvalue weighted by molar-refractivity contribution is 6.05. The Labute approximate surface area is 175 Å². The molecule has 1 amide bonds. The number of aromatic nitrogens is 1. The minimum absolute atomic E-state index is 0.108. The average molecular weight is 404 g/mol. The van der Waals surface area contributed by atoms with Crippen molar-refractivity contribution >= 4 is 22.8 Å². The van der Waals surface area contributed by atoms with Gasteiger partial charge in [0.05, 0.1) is 11.1 Å². The molecule has 0 atom stereocenters. The fraction of sp³-hybridized carbons (Fsp3) is 0.292. The molecular formula is C24H24N2O4. The number of esters is 1. The molecule has 0 fully saturated rings. The summed E-state index contributed by atoms with van der Waals surface area (Å²) in [6.07, 6.45) is 3.86. The second-order valence-corrected chi connectivity index (χ2v) is 7.62. The first-order chi connectivity index (χ1) is 14.5. The summed E-state index contributed by atoms with van der Waals surface area (Å²) in [4.78, 5) is 28.9. The molecule has 1 aromatic heterocycles. The van der Waals surface area contributed by atoms with Crippen molar-refractivity contribution in [3.05, 3.63) is 70.4 Å². The summed E-state index contributed by atoms with van der Waals surface area (Å²) in [5.74, 6) is -0.379. The Balaban J connectivity index is 1.60. The van der Waals surface area contributed by atoms with Gasteiger partial charge in [-0.2, -0.15) is 0 Å². The molecule has 6 nitrogen and oxygen atoms in total. The number of fused-ring (bicyclic) bond motifs is 2. The van der Waals surface area contributed by atoms with E-state index in [1.54, 1.807) is 18.2 Å². The van der Waals surface area contributed by atoms with Crippen LogP contribution in [0.5, 0.6) is 5.75 Å². The molecule has 1 aliphatic carbocycles. The van der Waals surface area contributed by atoms with Gasteiger partial charge in [0.25, 0.3) is 5.91 Å². The summed E-state index contributed by atoms with van der Waals surface area (Å²) >= 11 is 0. The highest BCUT2D eigenvalue weighted by atomic mass is 16.5. The van der Waals surface area contributed by atoms with Crippen molar-refractivity contribution in [2.45, 2.75) is 39.2 Å². The van der Waals surface area contributed by atoms with Crippen LogP contribution in [0.2, 0.25) is 0 Å². The number of ether oxygens (including phenoxy) is 2. The molecule has 1 heterocycles. The molecule has 0 bridgehead atoms. The molecular weight excluding hydrogens is 380 g/mol. The molecule has 30 heavy (non-hydrogen) atoms. The number of primary amides is 1. The quantitative estimate of drug-likeness (QED) is 0.633. The first-order valence-electron chi connectivity index (χ1n) is 10.1. The molecule has 2 aromatic carbocycles. The molecule has 0 radical (unpaired) electrons. The largest absolute Gasteiger partial charge is 0.484 e. The van der Waals surface area contributed by atoms with Gasteiger partial charge in [-0.1, -0.05) is 23.8 Å². The molecule has 2 N–H and O–H groups in total. The third-order valence-corrected chi connectivity index (χ3v) is 5.27. The lowest BCUT2D eigenvalue weighted by atomic mass is 9.89. The zero-order valence-electron chi connectivity index (χ0n) is 16.9. The van der Waals surface area contributed by atoms with Crippen LogP contribution >= 0.6 is 0 Å². The lowest BCUT2D eigenvalue weighted by molar-refractivity contribution is -0.119. The maximum atomic E-state index is 13.2. The number of pyridine rings is 1. The highest BCUT2D eigenvalue weighted by Gasteiger charge is 2.23. The van der Waals surface area contributed by atoms with Gasteiger partial charge in [0, 0.05) is 11.1 Å². The van der Waals surface area contributed by atoms with Gasteiger partial charge < -0.3 is 15.2 Å². The number of hydrogen-bond donors (Lipinski definition) is 1. The summed E-state index contributed by atoms with van der Waals surface area (Å²) in [5, 5.41) is 0.846. The summed E-state index contributed by atoms with van der Waals surface area (Å²) in [6.45, 7) is 1.92. The van der Waals surface area contributed by atoms with Gasteiger partial charge >= 0.3 is 5.97 Å². The summed E-state index contributed by atoms with van der Waals surface area (Å²) in [6, 6.07) is 13.1. The first-order valence-corrected chi connectivity index (χ1v) is 10.1. The van der Waals surface area contributed by atoms with Gasteiger partial charge in [0.2, 0.25) is 0 Å². The predicted molar refractivity (Wildman–Crippen MR) is 113 cm³/mol. The third-order valence-electron chi connectivity index (χ3n) is 5.27. The van der Waals surface area contributed by atoms with Gasteiger partial charge in [-0.05, 0) is 68.0 Å². The fourth-order valence-electron chi connectivity index (χ4n) is 3.87. The summed E-state index contributed by atoms with van der Waals surface area (Å²) in [7, 11) is 0. The molecule has 154 valence electrons. The Bertz CT molecular complexity index is 1120. The Morgan fingerprint density at radius 2 is 1.93 bits per heavy atom. The van der Waals surface area contributed by atoms with Crippen LogP contribution in [0.15, 0.2) is 42.5 Å². The van der Waals surface area contributed by atoms with Gasteiger partial charge in [-0.15, -0.1) is 0 Å². The molecule has 3 aromatic rings. The van der Waals surface area contributed by atoms with E-state index in [1.807, 2.05) is 31.2 Å². The van der Waals surface area contributed by atoms with Crippen molar-refractivity contribution in [1.82, 2.24) is 4.98 Å². The van der Waals surface area contributed by atoms with Crippen LogP contribution in [0.3, 0.4) is 0 Å². The van der Waals surface area contributed by atoms with Gasteiger partial charge in [0.15, 0.2) is 6.61 Å². The first kappa shape index (κ1) is 19.9. The Hall–Kier alpha value is -3.41. The lowest BCUT2D eigenvalue weighted by Gasteiger charge is -2.20. The number of carbonyl (C=O) groups excluding carboxylic acids is 2. The van der Waals surface area contributed by atoms with E-state index < -0.39 is 5.91 Å². The lowest BCUT2D eigenvalue weighted by Crippen LogP contribution is -2.20. The molecule has 0 spiro atoms. The van der Waals surface area contributed by atoms with Crippen molar-refractivity contribution in [2.24, 2.45) is 5.73 Å². The van der Waals surface area contributed by atoms with Crippen molar-refractivity contribution in [3.63, 3.8) is 0 Å². The number of aryl methyl sites for hydroxylation is 2. The summed E-state index contributed by atoms with van der Waals surface area (Å²) in [5.41, 5.74) is 10.5. The zero-order valence-corrected chi connectivity index (χ0v) is 16.9. The maximum absolute atomic E-state index is 13.2. The van der Waals surface area contributed by atoms with E-state index in [0.717, 1.165) is 59.0 Å². The van der Waals surface area contributed by atoms with Crippen LogP contribution in [-0.4, -0.2) is 23.5 Å². The maximum Gasteiger partial charge on any atom is 0.339 e. The van der Waals surface area contributed by atoms with Crippen LogP contribution in [0.25, 0.3) is 10.9 Å². The van der Waals surface area contributed by atoms with E-state index in [0.29, 0.717) is 11.3 Å². The van der Waals surface area contributed by atoms with Crippen molar-refractivity contribution in [1.29, 1.82) is 0 Å². The van der Waals surface area contributed by atoms with E-state index in [4.69, 9.17) is 20.2 Å². The molecule has 0 unspecified atom stereocenters. The number of carbonyl (C=O) groups is 2. The minimum Gasteiger partial charge on any atom is -0.484 e. The second-order valence-electron chi connectivity index (χ2n) is 7.62. The van der Waals surface area contributed by atoms with Crippen LogP contribution in [0, 0.1) is 6.92 Å². The SMILES string of the molecule is Cc1ccc2nc3c(c(C(=O)OCc4cccc(OCC(N)=O)c4)c2c1)CCCC3. The van der Waals surface area contributed by atoms with E-state index in [-0.39, 0.29) is 19.2 Å².